The number of methoxy groups -OCH3 is 1. The minimum Gasteiger partial charge on any atom is -0.497 e. The zero-order valence-electron chi connectivity index (χ0n) is 14.7. The summed E-state index contributed by atoms with van der Waals surface area (Å²) in [5.41, 5.74) is 1.85. The van der Waals surface area contributed by atoms with Gasteiger partial charge in [0.2, 0.25) is 0 Å². The second kappa shape index (κ2) is 8.87. The summed E-state index contributed by atoms with van der Waals surface area (Å²) in [6.07, 6.45) is 0. The number of amides is 1. The van der Waals surface area contributed by atoms with Crippen molar-refractivity contribution in [2.24, 2.45) is 5.92 Å². The number of benzene rings is 2. The minimum absolute atomic E-state index is 0.265. The molecule has 0 saturated carbocycles. The van der Waals surface area contributed by atoms with Gasteiger partial charge in [-0.3, -0.25) is 9.59 Å². The molecule has 1 amide bonds. The lowest BCUT2D eigenvalue weighted by Gasteiger charge is -2.20. The van der Waals surface area contributed by atoms with Gasteiger partial charge in [0.1, 0.15) is 5.75 Å². The first-order valence-corrected chi connectivity index (χ1v) is 8.16. The molecule has 0 saturated heterocycles. The van der Waals surface area contributed by atoms with Gasteiger partial charge in [-0.05, 0) is 23.3 Å². The lowest BCUT2D eigenvalue weighted by Crippen LogP contribution is -2.33. The van der Waals surface area contributed by atoms with E-state index >= 15 is 0 Å². The van der Waals surface area contributed by atoms with E-state index in [4.69, 9.17) is 9.47 Å². The Kier molecular flexibility index (Phi) is 6.57. The van der Waals surface area contributed by atoms with Crippen LogP contribution in [-0.4, -0.2) is 25.6 Å². The van der Waals surface area contributed by atoms with Crippen LogP contribution in [0.1, 0.15) is 31.0 Å². The number of hydrogen-bond donors (Lipinski definition) is 1. The third kappa shape index (κ3) is 5.35. The molecule has 0 heterocycles. The number of carbonyl (C=O) groups is 2. The average Bonchev–Trinajstić information content (AvgIpc) is 2.65. The van der Waals surface area contributed by atoms with Crippen molar-refractivity contribution in [1.82, 2.24) is 5.32 Å². The molecule has 2 rings (SSSR count). The quantitative estimate of drug-likeness (QED) is 0.786. The Morgan fingerprint density at radius 2 is 1.56 bits per heavy atom. The molecule has 0 aliphatic rings. The van der Waals surface area contributed by atoms with Gasteiger partial charge < -0.3 is 14.8 Å². The number of carbonyl (C=O) groups excluding carboxylic acids is 2. The van der Waals surface area contributed by atoms with E-state index in [1.165, 1.54) is 0 Å². The fourth-order valence-electron chi connectivity index (χ4n) is 2.31. The van der Waals surface area contributed by atoms with Crippen LogP contribution in [-0.2, 0) is 14.3 Å². The van der Waals surface area contributed by atoms with E-state index in [0.29, 0.717) is 0 Å². The van der Waals surface area contributed by atoms with E-state index in [1.54, 1.807) is 21.0 Å². The summed E-state index contributed by atoms with van der Waals surface area (Å²) in [5, 5.41) is 2.92. The summed E-state index contributed by atoms with van der Waals surface area (Å²) in [5.74, 6) is -0.262. The molecule has 1 atom stereocenters. The molecular weight excluding hydrogens is 318 g/mol. The molecule has 0 aromatic heterocycles. The topological polar surface area (TPSA) is 64.6 Å². The van der Waals surface area contributed by atoms with Crippen LogP contribution in [0.4, 0.5) is 0 Å². The zero-order chi connectivity index (χ0) is 18.2. The molecule has 0 aliphatic heterocycles. The normalized spacial score (nSPS) is 11.7. The predicted molar refractivity (Wildman–Crippen MR) is 95.2 cm³/mol. The molecule has 5 nitrogen and oxygen atoms in total. The Labute approximate surface area is 148 Å². The zero-order valence-corrected chi connectivity index (χ0v) is 14.7. The molecule has 0 aliphatic carbocycles. The van der Waals surface area contributed by atoms with Gasteiger partial charge in [-0.2, -0.15) is 0 Å². The van der Waals surface area contributed by atoms with Crippen molar-refractivity contribution in [3.05, 3.63) is 65.7 Å². The van der Waals surface area contributed by atoms with Gasteiger partial charge in [-0.1, -0.05) is 56.3 Å². The first kappa shape index (κ1) is 18.5. The van der Waals surface area contributed by atoms with Crippen LogP contribution < -0.4 is 10.1 Å². The molecule has 0 fully saturated rings. The van der Waals surface area contributed by atoms with E-state index in [-0.39, 0.29) is 24.5 Å². The summed E-state index contributed by atoms with van der Waals surface area (Å²) >= 11 is 0. The van der Waals surface area contributed by atoms with Crippen molar-refractivity contribution in [3.8, 4) is 5.75 Å². The van der Waals surface area contributed by atoms with E-state index < -0.39 is 5.97 Å². The number of hydrogen-bond acceptors (Lipinski definition) is 4. The number of ether oxygens (including phenoxy) is 2. The highest BCUT2D eigenvalue weighted by atomic mass is 16.5. The molecule has 2 aromatic carbocycles. The molecule has 0 spiro atoms. The highest BCUT2D eigenvalue weighted by Gasteiger charge is 2.18. The van der Waals surface area contributed by atoms with Crippen LogP contribution in [0.5, 0.6) is 5.75 Å². The Morgan fingerprint density at radius 1 is 0.960 bits per heavy atom. The molecule has 5 heteroatoms. The molecule has 1 N–H and O–H groups in total. The maximum absolute atomic E-state index is 12.2. The monoisotopic (exact) mass is 341 g/mol. The summed E-state index contributed by atoms with van der Waals surface area (Å²) in [6.45, 7) is 3.16. The fraction of sp³-hybridized carbons (Fsp3) is 0.300. The second-order valence-electron chi connectivity index (χ2n) is 5.95. The van der Waals surface area contributed by atoms with Crippen molar-refractivity contribution in [1.29, 1.82) is 0 Å². The van der Waals surface area contributed by atoms with Gasteiger partial charge in [-0.15, -0.1) is 0 Å². The minimum atomic E-state index is -0.393. The highest BCUT2D eigenvalue weighted by molar-refractivity contribution is 5.81. The fourth-order valence-corrected chi connectivity index (χ4v) is 2.31. The molecule has 0 unspecified atom stereocenters. The van der Waals surface area contributed by atoms with Gasteiger partial charge >= 0.3 is 5.97 Å². The van der Waals surface area contributed by atoms with Crippen molar-refractivity contribution < 1.29 is 19.1 Å². The van der Waals surface area contributed by atoms with E-state index in [9.17, 15) is 9.59 Å². The Morgan fingerprint density at radius 3 is 2.12 bits per heavy atom. The van der Waals surface area contributed by atoms with E-state index in [1.807, 2.05) is 54.6 Å². The standard InChI is InChI=1S/C20H23NO4/c1-14(2)20(23)25-13-18(22)21-19(15-7-5-4-6-8-15)16-9-11-17(24-3)12-10-16/h4-12,14,19H,13H2,1-3H3,(H,21,22)/t19-/m0/s1. The lowest BCUT2D eigenvalue weighted by atomic mass is 9.98. The van der Waals surface area contributed by atoms with Crippen molar-refractivity contribution >= 4 is 11.9 Å². The number of esters is 1. The third-order valence-electron chi connectivity index (χ3n) is 3.70. The highest BCUT2D eigenvalue weighted by Crippen LogP contribution is 2.24. The maximum Gasteiger partial charge on any atom is 0.308 e. The molecular formula is C20H23NO4. The number of nitrogens with one attached hydrogen (secondary N) is 1. The van der Waals surface area contributed by atoms with Gasteiger partial charge in [0.05, 0.1) is 19.1 Å². The largest absolute Gasteiger partial charge is 0.497 e. The van der Waals surface area contributed by atoms with Crippen LogP contribution in [0.3, 0.4) is 0 Å². The number of rotatable bonds is 7. The molecule has 0 radical (unpaired) electrons. The van der Waals surface area contributed by atoms with Gasteiger partial charge in [-0.25, -0.2) is 0 Å². The second-order valence-corrected chi connectivity index (χ2v) is 5.95. The average molecular weight is 341 g/mol. The first-order chi connectivity index (χ1) is 12.0. The molecule has 25 heavy (non-hydrogen) atoms. The van der Waals surface area contributed by atoms with Crippen molar-refractivity contribution in [2.45, 2.75) is 19.9 Å². The molecule has 132 valence electrons. The van der Waals surface area contributed by atoms with Crippen molar-refractivity contribution in [2.75, 3.05) is 13.7 Å². The Balaban J connectivity index is 2.15. The smallest absolute Gasteiger partial charge is 0.308 e. The van der Waals surface area contributed by atoms with Gasteiger partial charge in [0.25, 0.3) is 5.91 Å². The van der Waals surface area contributed by atoms with Crippen LogP contribution >= 0.6 is 0 Å². The Hall–Kier alpha value is -2.82. The van der Waals surface area contributed by atoms with Crippen molar-refractivity contribution in [3.63, 3.8) is 0 Å². The maximum atomic E-state index is 12.2. The van der Waals surface area contributed by atoms with Gasteiger partial charge in [0.15, 0.2) is 6.61 Å². The molecule has 2 aromatic rings. The van der Waals surface area contributed by atoms with Crippen LogP contribution in [0.25, 0.3) is 0 Å². The van der Waals surface area contributed by atoms with E-state index in [0.717, 1.165) is 16.9 Å². The Bertz CT molecular complexity index is 695. The van der Waals surface area contributed by atoms with Crippen LogP contribution in [0, 0.1) is 5.92 Å². The summed E-state index contributed by atoms with van der Waals surface area (Å²) < 4.78 is 10.2. The summed E-state index contributed by atoms with van der Waals surface area (Å²) in [7, 11) is 1.61. The van der Waals surface area contributed by atoms with Crippen LogP contribution in [0.2, 0.25) is 0 Å². The lowest BCUT2D eigenvalue weighted by molar-refractivity contribution is -0.151. The summed E-state index contributed by atoms with van der Waals surface area (Å²) in [6, 6.07) is 16.8. The summed E-state index contributed by atoms with van der Waals surface area (Å²) in [4.78, 5) is 23.8. The van der Waals surface area contributed by atoms with E-state index in [2.05, 4.69) is 5.32 Å². The first-order valence-electron chi connectivity index (χ1n) is 8.16. The van der Waals surface area contributed by atoms with Gasteiger partial charge in [0, 0.05) is 0 Å². The SMILES string of the molecule is COc1ccc([C@@H](NC(=O)COC(=O)C(C)C)c2ccccc2)cc1. The molecule has 0 bridgehead atoms. The third-order valence-corrected chi connectivity index (χ3v) is 3.70. The predicted octanol–water partition coefficient (Wildman–Crippen LogP) is 3.10. The van der Waals surface area contributed by atoms with Crippen LogP contribution in [0.15, 0.2) is 54.6 Å².